The van der Waals surface area contributed by atoms with E-state index in [9.17, 15) is 4.79 Å². The van der Waals surface area contributed by atoms with Crippen LogP contribution in [0.15, 0.2) is 66.7 Å². The number of fused-ring (bicyclic) bond motifs is 2. The van der Waals surface area contributed by atoms with Gasteiger partial charge in [0, 0.05) is 25.9 Å². The smallest absolute Gasteiger partial charge is 0.219 e. The van der Waals surface area contributed by atoms with Gasteiger partial charge in [0.2, 0.25) is 5.91 Å². The van der Waals surface area contributed by atoms with Crippen LogP contribution in [-0.2, 0) is 17.8 Å². The fourth-order valence-corrected chi connectivity index (χ4v) is 4.36. The summed E-state index contributed by atoms with van der Waals surface area (Å²) >= 11 is 0. The molecule has 0 saturated carbocycles. The number of nitrogens with one attached hydrogen (secondary N) is 1. The molecule has 0 spiro atoms. The minimum atomic E-state index is 0.162. The zero-order valence-electron chi connectivity index (χ0n) is 20.1. The zero-order valence-corrected chi connectivity index (χ0v) is 20.1. The fraction of sp³-hybridized carbons (Fsp3) is 0.379. The van der Waals surface area contributed by atoms with E-state index in [1.807, 2.05) is 19.1 Å². The highest BCUT2D eigenvalue weighted by atomic mass is 16.5. The molecule has 3 aromatic carbocycles. The van der Waals surface area contributed by atoms with Crippen molar-refractivity contribution in [3.63, 3.8) is 0 Å². The highest BCUT2D eigenvalue weighted by molar-refractivity contribution is 5.83. The Bertz CT molecular complexity index is 1210. The summed E-state index contributed by atoms with van der Waals surface area (Å²) in [5.41, 5.74) is 2.25. The summed E-state index contributed by atoms with van der Waals surface area (Å²) in [6, 6.07) is 23.0. The molecule has 5 heteroatoms. The third-order valence-corrected chi connectivity index (χ3v) is 6.13. The number of ether oxygens (including phenoxy) is 1. The Kier molecular flexibility index (Phi) is 8.55. The minimum Gasteiger partial charge on any atom is -0.494 e. The Hall–Kier alpha value is -3.34. The van der Waals surface area contributed by atoms with Crippen molar-refractivity contribution in [2.45, 2.75) is 58.4 Å². The van der Waals surface area contributed by atoms with E-state index in [0.717, 1.165) is 68.7 Å². The van der Waals surface area contributed by atoms with Crippen molar-refractivity contribution >= 4 is 27.7 Å². The first-order valence-corrected chi connectivity index (χ1v) is 12.6. The lowest BCUT2D eigenvalue weighted by Gasteiger charge is -2.11. The van der Waals surface area contributed by atoms with E-state index in [1.165, 1.54) is 16.3 Å². The summed E-state index contributed by atoms with van der Waals surface area (Å²) in [7, 11) is 0. The Morgan fingerprint density at radius 2 is 1.76 bits per heavy atom. The number of benzene rings is 3. The number of carbonyl (C=O) groups excluding carboxylic acids is 1. The third kappa shape index (κ3) is 6.37. The number of imidazole rings is 1. The number of aryl methyl sites for hydroxylation is 2. The zero-order chi connectivity index (χ0) is 23.6. The highest BCUT2D eigenvalue weighted by Crippen LogP contribution is 2.21. The van der Waals surface area contributed by atoms with E-state index >= 15 is 0 Å². The van der Waals surface area contributed by atoms with Gasteiger partial charge in [-0.3, -0.25) is 4.79 Å². The molecule has 0 aliphatic heterocycles. The molecule has 0 unspecified atom stereocenters. The lowest BCUT2D eigenvalue weighted by molar-refractivity contribution is -0.121. The molecular weight excluding hydrogens is 422 g/mol. The van der Waals surface area contributed by atoms with Crippen LogP contribution in [0.3, 0.4) is 0 Å². The van der Waals surface area contributed by atoms with Crippen LogP contribution in [0.25, 0.3) is 21.8 Å². The van der Waals surface area contributed by atoms with E-state index in [4.69, 9.17) is 9.72 Å². The average molecular weight is 458 g/mol. The number of unbranched alkanes of at least 4 members (excludes halogenated alkanes) is 2. The molecule has 5 nitrogen and oxygen atoms in total. The molecule has 1 heterocycles. The van der Waals surface area contributed by atoms with Crippen LogP contribution in [0.4, 0.5) is 0 Å². The summed E-state index contributed by atoms with van der Waals surface area (Å²) in [5, 5.41) is 5.43. The van der Waals surface area contributed by atoms with Crippen molar-refractivity contribution < 1.29 is 9.53 Å². The Balaban J connectivity index is 1.28. The van der Waals surface area contributed by atoms with Crippen LogP contribution in [0.5, 0.6) is 5.75 Å². The first kappa shape index (κ1) is 23.8. The highest BCUT2D eigenvalue weighted by Gasteiger charge is 2.10. The van der Waals surface area contributed by atoms with E-state index in [0.29, 0.717) is 13.0 Å². The molecule has 0 saturated heterocycles. The summed E-state index contributed by atoms with van der Waals surface area (Å²) in [4.78, 5) is 16.5. The largest absolute Gasteiger partial charge is 0.494 e. The molecule has 0 fully saturated rings. The number of aromatic nitrogens is 2. The molecule has 0 aliphatic carbocycles. The predicted octanol–water partition coefficient (Wildman–Crippen LogP) is 6.29. The number of hydrogen-bond donors (Lipinski definition) is 1. The molecule has 0 aliphatic rings. The van der Waals surface area contributed by atoms with Gasteiger partial charge in [-0.2, -0.15) is 0 Å². The van der Waals surface area contributed by atoms with Gasteiger partial charge in [-0.25, -0.2) is 4.98 Å². The number of nitrogens with zero attached hydrogens (tertiary/aromatic N) is 2. The maximum absolute atomic E-state index is 11.6. The van der Waals surface area contributed by atoms with Crippen molar-refractivity contribution in [1.82, 2.24) is 14.9 Å². The Morgan fingerprint density at radius 3 is 2.65 bits per heavy atom. The van der Waals surface area contributed by atoms with Gasteiger partial charge in [0.05, 0.1) is 17.6 Å². The lowest BCUT2D eigenvalue weighted by atomic mass is 10.1. The normalized spacial score (nSPS) is 11.2. The molecule has 1 aromatic heterocycles. The van der Waals surface area contributed by atoms with E-state index in [2.05, 4.69) is 64.5 Å². The average Bonchev–Trinajstić information content (AvgIpc) is 3.21. The summed E-state index contributed by atoms with van der Waals surface area (Å²) in [6.07, 6.45) is 6.55. The molecule has 1 N–H and O–H groups in total. The van der Waals surface area contributed by atoms with Crippen LogP contribution >= 0.6 is 0 Å². The van der Waals surface area contributed by atoms with Crippen LogP contribution in [0, 0.1) is 0 Å². The fourth-order valence-electron chi connectivity index (χ4n) is 4.36. The number of para-hydroxylation sites is 2. The summed E-state index contributed by atoms with van der Waals surface area (Å²) in [6.45, 7) is 4.35. The SMILES string of the molecule is CCCC(=O)NCCCCCc1nc2ccccc2n1CCCOc1ccc2ccccc2c1. The van der Waals surface area contributed by atoms with E-state index < -0.39 is 0 Å². The van der Waals surface area contributed by atoms with Gasteiger partial charge in [0.15, 0.2) is 0 Å². The van der Waals surface area contributed by atoms with E-state index in [1.54, 1.807) is 0 Å². The van der Waals surface area contributed by atoms with Gasteiger partial charge >= 0.3 is 0 Å². The standard InChI is InChI=1S/C29H35N3O2/c1-2-11-29(33)30-19-9-3-4-16-28-31-26-14-7-8-15-27(26)32(28)20-10-21-34-25-18-17-23-12-5-6-13-24(23)22-25/h5-8,12-15,17-18,22H,2-4,9-11,16,19-21H2,1H3,(H,30,33). The molecular formula is C29H35N3O2. The molecule has 0 radical (unpaired) electrons. The number of hydrogen-bond acceptors (Lipinski definition) is 3. The quantitative estimate of drug-likeness (QED) is 0.240. The maximum Gasteiger partial charge on any atom is 0.219 e. The number of rotatable bonds is 13. The lowest BCUT2D eigenvalue weighted by Crippen LogP contribution is -2.23. The predicted molar refractivity (Wildman–Crippen MR) is 139 cm³/mol. The van der Waals surface area contributed by atoms with Crippen LogP contribution in [0.1, 0.15) is 51.3 Å². The molecule has 1 amide bonds. The molecule has 34 heavy (non-hydrogen) atoms. The maximum atomic E-state index is 11.6. The van der Waals surface area contributed by atoms with Gasteiger partial charge in [-0.05, 0) is 60.7 Å². The van der Waals surface area contributed by atoms with Gasteiger partial charge in [-0.15, -0.1) is 0 Å². The molecule has 0 bridgehead atoms. The number of amides is 1. The second kappa shape index (κ2) is 12.2. The summed E-state index contributed by atoms with van der Waals surface area (Å²) in [5.74, 6) is 2.22. The van der Waals surface area contributed by atoms with E-state index in [-0.39, 0.29) is 5.91 Å². The molecule has 4 aromatic rings. The Morgan fingerprint density at radius 1 is 0.941 bits per heavy atom. The van der Waals surface area contributed by atoms with Gasteiger partial charge in [-0.1, -0.05) is 55.8 Å². The molecule has 0 atom stereocenters. The topological polar surface area (TPSA) is 56.2 Å². The van der Waals surface area contributed by atoms with Gasteiger partial charge in [0.1, 0.15) is 11.6 Å². The minimum absolute atomic E-state index is 0.162. The Labute approximate surface area is 202 Å². The second-order valence-corrected chi connectivity index (χ2v) is 8.79. The van der Waals surface area contributed by atoms with Crippen LogP contribution < -0.4 is 10.1 Å². The molecule has 4 rings (SSSR count). The van der Waals surface area contributed by atoms with Crippen molar-refractivity contribution in [2.75, 3.05) is 13.2 Å². The first-order valence-electron chi connectivity index (χ1n) is 12.6. The second-order valence-electron chi connectivity index (χ2n) is 8.79. The van der Waals surface area contributed by atoms with Gasteiger partial charge in [0.25, 0.3) is 0 Å². The first-order chi connectivity index (χ1) is 16.7. The van der Waals surface area contributed by atoms with Crippen LogP contribution in [-0.4, -0.2) is 28.6 Å². The third-order valence-electron chi connectivity index (χ3n) is 6.13. The number of carbonyl (C=O) groups is 1. The van der Waals surface area contributed by atoms with Crippen molar-refractivity contribution in [2.24, 2.45) is 0 Å². The van der Waals surface area contributed by atoms with Crippen molar-refractivity contribution in [3.8, 4) is 5.75 Å². The van der Waals surface area contributed by atoms with Crippen LogP contribution in [0.2, 0.25) is 0 Å². The van der Waals surface area contributed by atoms with Crippen molar-refractivity contribution in [1.29, 1.82) is 0 Å². The monoisotopic (exact) mass is 457 g/mol. The molecule has 178 valence electrons. The summed E-state index contributed by atoms with van der Waals surface area (Å²) < 4.78 is 8.41. The van der Waals surface area contributed by atoms with Gasteiger partial charge < -0.3 is 14.6 Å². The van der Waals surface area contributed by atoms with Crippen molar-refractivity contribution in [3.05, 3.63) is 72.6 Å².